The van der Waals surface area contributed by atoms with Crippen LogP contribution in [0.25, 0.3) is 0 Å². The molecule has 0 bridgehead atoms. The van der Waals surface area contributed by atoms with Crippen LogP contribution in [0.3, 0.4) is 0 Å². The van der Waals surface area contributed by atoms with Crippen LogP contribution in [0.5, 0.6) is 0 Å². The van der Waals surface area contributed by atoms with Gasteiger partial charge in [0, 0.05) is 32.0 Å². The number of piperidine rings is 1. The van der Waals surface area contributed by atoms with E-state index in [4.69, 9.17) is 5.73 Å². The highest BCUT2D eigenvalue weighted by molar-refractivity contribution is 5.41. The summed E-state index contributed by atoms with van der Waals surface area (Å²) in [5.74, 6) is 4.23. The first-order valence-electron chi connectivity index (χ1n) is 8.56. The van der Waals surface area contributed by atoms with Crippen molar-refractivity contribution in [3.05, 3.63) is 24.0 Å². The molecule has 122 valence electrons. The van der Waals surface area contributed by atoms with Crippen molar-refractivity contribution in [2.24, 2.45) is 0 Å². The Balaban J connectivity index is 1.47. The Labute approximate surface area is 135 Å². The van der Waals surface area contributed by atoms with E-state index in [2.05, 4.69) is 29.6 Å². The highest BCUT2D eigenvalue weighted by atomic mass is 15.3. The van der Waals surface area contributed by atoms with Gasteiger partial charge in [0.25, 0.3) is 0 Å². The first-order chi connectivity index (χ1) is 11.3. The van der Waals surface area contributed by atoms with Crippen LogP contribution in [0.15, 0.2) is 12.4 Å². The number of aryl methyl sites for hydroxylation is 1. The highest BCUT2D eigenvalue weighted by Gasteiger charge is 2.27. The van der Waals surface area contributed by atoms with Gasteiger partial charge in [-0.1, -0.05) is 6.42 Å². The van der Waals surface area contributed by atoms with Crippen molar-refractivity contribution in [1.82, 2.24) is 24.7 Å². The van der Waals surface area contributed by atoms with E-state index in [1.165, 1.54) is 30.9 Å². The minimum absolute atomic E-state index is 0.479. The summed E-state index contributed by atoms with van der Waals surface area (Å²) in [4.78, 5) is 10.8. The molecule has 7 heteroatoms. The molecule has 0 radical (unpaired) electrons. The van der Waals surface area contributed by atoms with E-state index in [-0.39, 0.29) is 0 Å². The summed E-state index contributed by atoms with van der Waals surface area (Å²) in [6.45, 7) is 3.01. The van der Waals surface area contributed by atoms with Crippen LogP contribution in [-0.4, -0.2) is 37.8 Å². The second-order valence-corrected chi connectivity index (χ2v) is 6.50. The summed E-state index contributed by atoms with van der Waals surface area (Å²) in [6, 6.07) is 0. The monoisotopic (exact) mass is 313 g/mol. The molecule has 2 aromatic heterocycles. The van der Waals surface area contributed by atoms with Crippen molar-refractivity contribution < 1.29 is 0 Å². The van der Waals surface area contributed by atoms with Crippen LogP contribution in [-0.2, 0) is 13.0 Å². The molecule has 0 amide bonds. The Kier molecular flexibility index (Phi) is 3.85. The van der Waals surface area contributed by atoms with Crippen LogP contribution >= 0.6 is 0 Å². The minimum Gasteiger partial charge on any atom is -0.382 e. The molecule has 0 aromatic carbocycles. The summed E-state index contributed by atoms with van der Waals surface area (Å²) >= 11 is 0. The van der Waals surface area contributed by atoms with Crippen molar-refractivity contribution in [1.29, 1.82) is 0 Å². The molecule has 0 atom stereocenters. The van der Waals surface area contributed by atoms with Gasteiger partial charge in [-0.25, -0.2) is 4.98 Å². The van der Waals surface area contributed by atoms with Crippen LogP contribution in [0, 0.1) is 0 Å². The third-order valence-corrected chi connectivity index (χ3v) is 4.96. The van der Waals surface area contributed by atoms with Gasteiger partial charge < -0.3 is 15.2 Å². The normalized spacial score (nSPS) is 19.4. The zero-order chi connectivity index (χ0) is 15.6. The van der Waals surface area contributed by atoms with Crippen molar-refractivity contribution in [3.63, 3.8) is 0 Å². The number of nitrogens with two attached hydrogens (primary N) is 1. The molecular formula is C16H23N7. The Morgan fingerprint density at radius 2 is 1.87 bits per heavy atom. The molecule has 4 rings (SSSR count). The van der Waals surface area contributed by atoms with Gasteiger partial charge in [-0.3, -0.25) is 4.98 Å². The first-order valence-corrected chi connectivity index (χ1v) is 8.56. The van der Waals surface area contributed by atoms with E-state index in [1.807, 2.05) is 0 Å². The van der Waals surface area contributed by atoms with E-state index in [1.54, 1.807) is 12.4 Å². The van der Waals surface area contributed by atoms with E-state index >= 15 is 0 Å². The van der Waals surface area contributed by atoms with Crippen LogP contribution in [0.4, 0.5) is 11.6 Å². The second-order valence-electron chi connectivity index (χ2n) is 6.50. The van der Waals surface area contributed by atoms with Gasteiger partial charge in [-0.15, -0.1) is 10.2 Å². The lowest BCUT2D eigenvalue weighted by atomic mass is 9.96. The molecule has 2 N–H and O–H groups in total. The van der Waals surface area contributed by atoms with Crippen LogP contribution < -0.4 is 10.6 Å². The van der Waals surface area contributed by atoms with Crippen LogP contribution in [0.1, 0.15) is 49.7 Å². The third kappa shape index (κ3) is 2.87. The lowest BCUT2D eigenvalue weighted by Crippen LogP contribution is -2.34. The van der Waals surface area contributed by atoms with Gasteiger partial charge in [0.15, 0.2) is 0 Å². The minimum atomic E-state index is 0.479. The Morgan fingerprint density at radius 3 is 2.70 bits per heavy atom. The molecule has 0 aliphatic carbocycles. The Bertz CT molecular complexity index is 673. The average molecular weight is 313 g/mol. The standard InChI is InChI=1S/C16H23N7/c17-13-10-18-11-15(19-13)22-8-5-12(6-9-22)16-21-20-14-4-2-1-3-7-23(14)16/h10-12H,1-9H2,(H2,17,19). The molecule has 23 heavy (non-hydrogen) atoms. The average Bonchev–Trinajstić information content (AvgIpc) is 2.83. The summed E-state index contributed by atoms with van der Waals surface area (Å²) < 4.78 is 2.38. The number of hydrogen-bond donors (Lipinski definition) is 1. The van der Waals surface area contributed by atoms with Crippen LogP contribution in [0.2, 0.25) is 0 Å². The number of hydrogen-bond acceptors (Lipinski definition) is 6. The van der Waals surface area contributed by atoms with Crippen molar-refractivity contribution in [2.45, 2.75) is 51.0 Å². The summed E-state index contributed by atoms with van der Waals surface area (Å²) in [7, 11) is 0. The summed E-state index contributed by atoms with van der Waals surface area (Å²) in [5.41, 5.74) is 5.74. The lowest BCUT2D eigenvalue weighted by Gasteiger charge is -2.32. The highest BCUT2D eigenvalue weighted by Crippen LogP contribution is 2.30. The largest absolute Gasteiger partial charge is 0.382 e. The third-order valence-electron chi connectivity index (χ3n) is 4.96. The molecular weight excluding hydrogens is 290 g/mol. The fourth-order valence-corrected chi connectivity index (χ4v) is 3.70. The molecule has 1 saturated heterocycles. The smallest absolute Gasteiger partial charge is 0.149 e. The van der Waals surface area contributed by atoms with Gasteiger partial charge in [0.1, 0.15) is 23.3 Å². The quantitative estimate of drug-likeness (QED) is 0.909. The Hall–Kier alpha value is -2.18. The molecule has 0 unspecified atom stereocenters. The van der Waals surface area contributed by atoms with E-state index in [9.17, 15) is 0 Å². The maximum atomic E-state index is 5.74. The molecule has 4 heterocycles. The molecule has 0 spiro atoms. The molecule has 7 nitrogen and oxygen atoms in total. The van der Waals surface area contributed by atoms with Crippen molar-refractivity contribution >= 4 is 11.6 Å². The van der Waals surface area contributed by atoms with Gasteiger partial charge in [-0.2, -0.15) is 0 Å². The van der Waals surface area contributed by atoms with Crippen molar-refractivity contribution in [2.75, 3.05) is 23.7 Å². The molecule has 1 fully saturated rings. The lowest BCUT2D eigenvalue weighted by molar-refractivity contribution is 0.458. The maximum Gasteiger partial charge on any atom is 0.149 e. The van der Waals surface area contributed by atoms with Gasteiger partial charge in [0.05, 0.1) is 12.4 Å². The molecule has 2 aliphatic heterocycles. The number of rotatable bonds is 2. The zero-order valence-corrected chi connectivity index (χ0v) is 13.4. The predicted molar refractivity (Wildman–Crippen MR) is 88.2 cm³/mol. The topological polar surface area (TPSA) is 85.8 Å². The summed E-state index contributed by atoms with van der Waals surface area (Å²) in [6.07, 6.45) is 10.4. The maximum absolute atomic E-state index is 5.74. The molecule has 0 saturated carbocycles. The van der Waals surface area contributed by atoms with E-state index in [0.717, 1.165) is 44.7 Å². The SMILES string of the molecule is Nc1cncc(N2CCC(c3nnc4n3CCCCC4)CC2)n1. The van der Waals surface area contributed by atoms with E-state index in [0.29, 0.717) is 11.7 Å². The fraction of sp³-hybridized carbons (Fsp3) is 0.625. The number of aromatic nitrogens is 5. The Morgan fingerprint density at radius 1 is 1.00 bits per heavy atom. The number of nitrogen functional groups attached to an aromatic ring is 1. The van der Waals surface area contributed by atoms with Gasteiger partial charge >= 0.3 is 0 Å². The first kappa shape index (κ1) is 14.4. The van der Waals surface area contributed by atoms with Gasteiger partial charge in [-0.05, 0) is 25.7 Å². The number of nitrogens with zero attached hydrogens (tertiary/aromatic N) is 6. The molecule has 2 aliphatic rings. The van der Waals surface area contributed by atoms with Crippen molar-refractivity contribution in [3.8, 4) is 0 Å². The number of fused-ring (bicyclic) bond motifs is 1. The number of anilines is 2. The van der Waals surface area contributed by atoms with Gasteiger partial charge in [0.2, 0.25) is 0 Å². The fourth-order valence-electron chi connectivity index (χ4n) is 3.70. The zero-order valence-electron chi connectivity index (χ0n) is 13.4. The predicted octanol–water partition coefficient (Wildman–Crippen LogP) is 1.76. The second kappa shape index (κ2) is 6.14. The summed E-state index contributed by atoms with van der Waals surface area (Å²) in [5, 5.41) is 8.96. The van der Waals surface area contributed by atoms with E-state index < -0.39 is 0 Å². The molecule has 2 aromatic rings.